The molecule has 0 aromatic carbocycles. The third kappa shape index (κ3) is 9.56. The molecule has 0 radical (unpaired) electrons. The molecule has 0 rings (SSSR count). The van der Waals surface area contributed by atoms with Crippen LogP contribution in [0.1, 0.15) is 33.6 Å². The van der Waals surface area contributed by atoms with Gasteiger partial charge in [0, 0.05) is 25.0 Å². The van der Waals surface area contributed by atoms with Crippen molar-refractivity contribution in [1.82, 2.24) is 15.4 Å². The first kappa shape index (κ1) is 18.7. The Morgan fingerprint density at radius 2 is 1.85 bits per heavy atom. The van der Waals surface area contributed by atoms with Crippen molar-refractivity contribution in [2.24, 2.45) is 0 Å². The third-order valence-electron chi connectivity index (χ3n) is 2.44. The molecule has 0 aromatic heterocycles. The molecular weight excluding hydrogens is 286 g/mol. The van der Waals surface area contributed by atoms with Crippen LogP contribution in [0.3, 0.4) is 0 Å². The van der Waals surface area contributed by atoms with Crippen molar-refractivity contribution in [2.45, 2.75) is 39.2 Å². The van der Waals surface area contributed by atoms with Crippen LogP contribution in [0.15, 0.2) is 0 Å². The second kappa shape index (κ2) is 8.05. The van der Waals surface area contributed by atoms with E-state index in [1.54, 1.807) is 20.8 Å². The molecule has 0 aromatic rings. The second-order valence-electron chi connectivity index (χ2n) is 4.98. The van der Waals surface area contributed by atoms with Gasteiger partial charge in [0.2, 0.25) is 10.0 Å². The van der Waals surface area contributed by atoms with Crippen LogP contribution in [0.25, 0.3) is 0 Å². The van der Waals surface area contributed by atoms with Gasteiger partial charge in [0.05, 0.1) is 5.75 Å². The average molecular weight is 309 g/mol. The first-order valence-corrected chi connectivity index (χ1v) is 7.98. The smallest absolute Gasteiger partial charge is 0.315 e. The number of urea groups is 1. The van der Waals surface area contributed by atoms with Crippen molar-refractivity contribution >= 4 is 22.0 Å². The molecule has 0 atom stereocenters. The van der Waals surface area contributed by atoms with Gasteiger partial charge in [-0.1, -0.05) is 6.92 Å². The average Bonchev–Trinajstić information content (AvgIpc) is 2.25. The summed E-state index contributed by atoms with van der Waals surface area (Å²) in [6.45, 7) is 5.35. The summed E-state index contributed by atoms with van der Waals surface area (Å²) in [4.78, 5) is 22.0. The first-order valence-electron chi connectivity index (χ1n) is 6.33. The van der Waals surface area contributed by atoms with Crippen LogP contribution < -0.4 is 15.4 Å². The molecule has 0 aliphatic carbocycles. The van der Waals surface area contributed by atoms with Gasteiger partial charge in [-0.3, -0.25) is 4.79 Å². The molecule has 118 valence electrons. The van der Waals surface area contributed by atoms with Crippen LogP contribution in [0.2, 0.25) is 0 Å². The number of carbonyl (C=O) groups excluding carboxylic acids is 1. The van der Waals surface area contributed by atoms with Crippen LogP contribution in [0.5, 0.6) is 0 Å². The zero-order valence-corrected chi connectivity index (χ0v) is 12.8. The number of sulfonamides is 1. The van der Waals surface area contributed by atoms with Crippen molar-refractivity contribution in [2.75, 3.05) is 18.8 Å². The Morgan fingerprint density at radius 1 is 1.25 bits per heavy atom. The summed E-state index contributed by atoms with van der Waals surface area (Å²) in [5.41, 5.74) is -0.678. The summed E-state index contributed by atoms with van der Waals surface area (Å²) in [5, 5.41) is 13.6. The van der Waals surface area contributed by atoms with E-state index < -0.39 is 27.6 Å². The highest BCUT2D eigenvalue weighted by molar-refractivity contribution is 7.89. The Hall–Kier alpha value is -1.35. The molecule has 0 aliphatic rings. The molecule has 0 unspecified atom stereocenters. The van der Waals surface area contributed by atoms with Crippen LogP contribution in [0, 0.1) is 0 Å². The summed E-state index contributed by atoms with van der Waals surface area (Å²) in [7, 11) is -3.36. The Labute approximate surface area is 119 Å². The van der Waals surface area contributed by atoms with Crippen molar-refractivity contribution in [3.8, 4) is 0 Å². The summed E-state index contributed by atoms with van der Waals surface area (Å²) >= 11 is 0. The first-order chi connectivity index (χ1) is 9.08. The van der Waals surface area contributed by atoms with Gasteiger partial charge in [-0.05, 0) is 20.3 Å². The van der Waals surface area contributed by atoms with Gasteiger partial charge < -0.3 is 15.7 Å². The lowest BCUT2D eigenvalue weighted by atomic mass is 9.99. The van der Waals surface area contributed by atoms with Crippen molar-refractivity contribution in [3.63, 3.8) is 0 Å². The highest BCUT2D eigenvalue weighted by Gasteiger charge is 2.21. The van der Waals surface area contributed by atoms with E-state index in [1.807, 2.05) is 0 Å². The van der Waals surface area contributed by atoms with E-state index in [0.717, 1.165) is 0 Å². The predicted molar refractivity (Wildman–Crippen MR) is 74.9 cm³/mol. The minimum absolute atomic E-state index is 0.0177. The number of carboxylic acids is 1. The molecule has 0 spiro atoms. The van der Waals surface area contributed by atoms with Crippen molar-refractivity contribution in [1.29, 1.82) is 0 Å². The quantitative estimate of drug-likeness (QED) is 0.472. The van der Waals surface area contributed by atoms with E-state index in [2.05, 4.69) is 15.4 Å². The minimum Gasteiger partial charge on any atom is -0.481 e. The Bertz CT molecular complexity index is 433. The fourth-order valence-corrected chi connectivity index (χ4v) is 2.38. The maximum absolute atomic E-state index is 11.6. The van der Waals surface area contributed by atoms with E-state index in [4.69, 9.17) is 5.11 Å². The number of nitrogens with one attached hydrogen (secondary N) is 3. The van der Waals surface area contributed by atoms with Gasteiger partial charge in [-0.15, -0.1) is 0 Å². The molecule has 2 amide bonds. The molecule has 0 heterocycles. The van der Waals surface area contributed by atoms with E-state index >= 15 is 0 Å². The van der Waals surface area contributed by atoms with Gasteiger partial charge in [0.15, 0.2) is 0 Å². The van der Waals surface area contributed by atoms with E-state index in [-0.39, 0.29) is 25.1 Å². The zero-order valence-electron chi connectivity index (χ0n) is 12.0. The third-order valence-corrected chi connectivity index (χ3v) is 3.91. The number of hydrogen-bond acceptors (Lipinski definition) is 4. The minimum atomic E-state index is -3.36. The van der Waals surface area contributed by atoms with Gasteiger partial charge in [0.25, 0.3) is 0 Å². The normalized spacial score (nSPS) is 11.9. The molecule has 8 nitrogen and oxygen atoms in total. The SMILES string of the molecule is CCNS(=O)(=O)CCNC(=O)NC(C)(C)CCC(=O)O. The highest BCUT2D eigenvalue weighted by atomic mass is 32.2. The van der Waals surface area contributed by atoms with Gasteiger partial charge in [0.1, 0.15) is 0 Å². The summed E-state index contributed by atoms with van der Waals surface area (Å²) in [5.74, 6) is -1.14. The van der Waals surface area contributed by atoms with Crippen molar-refractivity contribution < 1.29 is 23.1 Å². The fourth-order valence-electron chi connectivity index (χ4n) is 1.42. The summed E-state index contributed by atoms with van der Waals surface area (Å²) in [6.07, 6.45) is 0.230. The molecular formula is C11H23N3O5S. The van der Waals surface area contributed by atoms with Crippen LogP contribution >= 0.6 is 0 Å². The molecule has 0 aliphatic heterocycles. The highest BCUT2D eigenvalue weighted by Crippen LogP contribution is 2.10. The predicted octanol–water partition coefficient (Wildman–Crippen LogP) is -0.132. The van der Waals surface area contributed by atoms with Gasteiger partial charge >= 0.3 is 12.0 Å². The summed E-state index contributed by atoms with van der Waals surface area (Å²) < 4.78 is 25.0. The lowest BCUT2D eigenvalue weighted by Crippen LogP contribution is -2.49. The summed E-state index contributed by atoms with van der Waals surface area (Å²) in [6, 6.07) is -0.521. The Balaban J connectivity index is 4.08. The molecule has 0 saturated heterocycles. The topological polar surface area (TPSA) is 125 Å². The monoisotopic (exact) mass is 309 g/mol. The number of rotatable bonds is 9. The number of hydrogen-bond donors (Lipinski definition) is 4. The van der Waals surface area contributed by atoms with Crippen molar-refractivity contribution in [3.05, 3.63) is 0 Å². The lowest BCUT2D eigenvalue weighted by Gasteiger charge is -2.25. The van der Waals surface area contributed by atoms with Crippen LogP contribution in [-0.4, -0.2) is 49.9 Å². The number of carboxylic acid groups (broad SMARTS) is 1. The van der Waals surface area contributed by atoms with E-state index in [9.17, 15) is 18.0 Å². The zero-order chi connectivity index (χ0) is 15.8. The maximum atomic E-state index is 11.6. The van der Waals surface area contributed by atoms with Crippen LogP contribution in [0.4, 0.5) is 4.79 Å². The largest absolute Gasteiger partial charge is 0.481 e. The van der Waals surface area contributed by atoms with E-state index in [0.29, 0.717) is 6.54 Å². The van der Waals surface area contributed by atoms with Gasteiger partial charge in [-0.25, -0.2) is 17.9 Å². The Kier molecular flexibility index (Phi) is 7.51. The lowest BCUT2D eigenvalue weighted by molar-refractivity contribution is -0.137. The van der Waals surface area contributed by atoms with Crippen LogP contribution in [-0.2, 0) is 14.8 Å². The molecule has 9 heteroatoms. The molecule has 0 saturated carbocycles. The standard InChI is InChI=1S/C11H23N3O5S/c1-4-13-20(18,19)8-7-12-10(17)14-11(2,3)6-5-9(15)16/h13H,4-8H2,1-3H3,(H,15,16)(H2,12,14,17). The molecule has 0 fully saturated rings. The Morgan fingerprint density at radius 3 is 2.35 bits per heavy atom. The molecule has 4 N–H and O–H groups in total. The molecule has 20 heavy (non-hydrogen) atoms. The number of amides is 2. The fraction of sp³-hybridized carbons (Fsp3) is 0.818. The van der Waals surface area contributed by atoms with E-state index in [1.165, 1.54) is 0 Å². The molecule has 0 bridgehead atoms. The second-order valence-corrected chi connectivity index (χ2v) is 6.90. The van der Waals surface area contributed by atoms with Gasteiger partial charge in [-0.2, -0.15) is 0 Å². The number of aliphatic carboxylic acids is 1. The maximum Gasteiger partial charge on any atom is 0.315 e. The number of carbonyl (C=O) groups is 2.